The number of furan rings is 1. The molecule has 1 aromatic carbocycles. The predicted molar refractivity (Wildman–Crippen MR) is 89.4 cm³/mol. The largest absolute Gasteiger partial charge is 0.472 e. The lowest BCUT2D eigenvalue weighted by atomic mass is 9.94. The fourth-order valence-corrected chi connectivity index (χ4v) is 3.13. The van der Waals surface area contributed by atoms with Crippen molar-refractivity contribution in [3.05, 3.63) is 76.6 Å². The standard InChI is InChI=1S/C17H15FN2O3S/c18-13-4-1-2-5-14(13)20-16(21)19-11-17(22,12-7-8-23-10-12)15-6-3-9-24-15/h1-10,22H,11H2,(H2,19,20,21)/t17-/m1/s1. The van der Waals surface area contributed by atoms with Crippen LogP contribution < -0.4 is 10.6 Å². The average molecular weight is 346 g/mol. The maximum atomic E-state index is 13.6. The number of aliphatic hydroxyl groups is 1. The maximum Gasteiger partial charge on any atom is 0.319 e. The highest BCUT2D eigenvalue weighted by Crippen LogP contribution is 2.32. The molecule has 2 amide bonds. The summed E-state index contributed by atoms with van der Waals surface area (Å²) < 4.78 is 18.6. The number of carbonyl (C=O) groups is 1. The van der Waals surface area contributed by atoms with Gasteiger partial charge in [0.2, 0.25) is 0 Å². The summed E-state index contributed by atoms with van der Waals surface area (Å²) in [6, 6.07) is 10.5. The second-order valence-electron chi connectivity index (χ2n) is 5.14. The van der Waals surface area contributed by atoms with Crippen LogP contribution in [0.15, 0.2) is 64.8 Å². The van der Waals surface area contributed by atoms with Crippen molar-refractivity contribution in [3.8, 4) is 0 Å². The summed E-state index contributed by atoms with van der Waals surface area (Å²) in [5.74, 6) is -0.531. The van der Waals surface area contributed by atoms with Gasteiger partial charge in [-0.3, -0.25) is 0 Å². The summed E-state index contributed by atoms with van der Waals surface area (Å²) in [6.45, 7) is -0.0899. The highest BCUT2D eigenvalue weighted by Gasteiger charge is 2.34. The molecular formula is C17H15FN2O3S. The zero-order valence-electron chi connectivity index (χ0n) is 12.5. The number of hydrogen-bond acceptors (Lipinski definition) is 4. The summed E-state index contributed by atoms with van der Waals surface area (Å²) in [5.41, 5.74) is -0.831. The van der Waals surface area contributed by atoms with Crippen molar-refractivity contribution in [2.45, 2.75) is 5.60 Å². The van der Waals surface area contributed by atoms with Gasteiger partial charge in [0.15, 0.2) is 0 Å². The number of amides is 2. The molecule has 0 saturated carbocycles. The van der Waals surface area contributed by atoms with E-state index < -0.39 is 17.4 Å². The van der Waals surface area contributed by atoms with E-state index in [1.165, 1.54) is 42.1 Å². The van der Waals surface area contributed by atoms with Crippen molar-refractivity contribution in [2.24, 2.45) is 0 Å². The average Bonchev–Trinajstić information content (AvgIpc) is 3.28. The number of anilines is 1. The molecule has 7 heteroatoms. The SMILES string of the molecule is O=C(NC[C@@](O)(c1ccoc1)c1cccs1)Nc1ccccc1F. The summed E-state index contributed by atoms with van der Waals surface area (Å²) in [5, 5.41) is 17.9. The molecule has 0 aliphatic rings. The van der Waals surface area contributed by atoms with Crippen LogP contribution in [0, 0.1) is 5.82 Å². The smallest absolute Gasteiger partial charge is 0.319 e. The third-order valence-electron chi connectivity index (χ3n) is 3.55. The van der Waals surface area contributed by atoms with E-state index >= 15 is 0 Å². The molecule has 24 heavy (non-hydrogen) atoms. The Kier molecular flexibility index (Phi) is 4.64. The minimum Gasteiger partial charge on any atom is -0.472 e. The number of rotatable bonds is 5. The van der Waals surface area contributed by atoms with Crippen LogP contribution in [0.2, 0.25) is 0 Å². The molecule has 0 bridgehead atoms. The zero-order valence-corrected chi connectivity index (χ0v) is 13.3. The first-order valence-electron chi connectivity index (χ1n) is 7.18. The maximum absolute atomic E-state index is 13.6. The van der Waals surface area contributed by atoms with Crippen molar-refractivity contribution >= 4 is 23.1 Å². The molecule has 0 spiro atoms. The molecule has 3 N–H and O–H groups in total. The fourth-order valence-electron chi connectivity index (χ4n) is 2.28. The third kappa shape index (κ3) is 3.32. The Hall–Kier alpha value is -2.64. The van der Waals surface area contributed by atoms with E-state index in [2.05, 4.69) is 10.6 Å². The lowest BCUT2D eigenvalue weighted by Gasteiger charge is -2.26. The van der Waals surface area contributed by atoms with Gasteiger partial charge >= 0.3 is 6.03 Å². The first-order chi connectivity index (χ1) is 11.6. The number of urea groups is 1. The van der Waals surface area contributed by atoms with Gasteiger partial charge in [-0.15, -0.1) is 11.3 Å². The van der Waals surface area contributed by atoms with Crippen molar-refractivity contribution in [3.63, 3.8) is 0 Å². The number of nitrogens with one attached hydrogen (secondary N) is 2. The normalized spacial score (nSPS) is 13.2. The molecule has 0 aliphatic heterocycles. The van der Waals surface area contributed by atoms with Crippen LogP contribution in [0.4, 0.5) is 14.9 Å². The Morgan fingerprint density at radius 2 is 2.08 bits per heavy atom. The van der Waals surface area contributed by atoms with Crippen LogP contribution in [0.1, 0.15) is 10.4 Å². The van der Waals surface area contributed by atoms with Gasteiger partial charge in [-0.1, -0.05) is 18.2 Å². The zero-order chi connectivity index (χ0) is 17.0. The van der Waals surface area contributed by atoms with Gasteiger partial charge in [-0.05, 0) is 29.6 Å². The topological polar surface area (TPSA) is 74.5 Å². The second-order valence-corrected chi connectivity index (χ2v) is 6.08. The Morgan fingerprint density at radius 3 is 2.75 bits per heavy atom. The van der Waals surface area contributed by atoms with Gasteiger partial charge in [-0.25, -0.2) is 9.18 Å². The Morgan fingerprint density at radius 1 is 1.25 bits per heavy atom. The predicted octanol–water partition coefficient (Wildman–Crippen LogP) is 3.54. The van der Waals surface area contributed by atoms with Gasteiger partial charge in [-0.2, -0.15) is 0 Å². The molecule has 2 aromatic heterocycles. The van der Waals surface area contributed by atoms with Gasteiger partial charge < -0.3 is 20.2 Å². The first kappa shape index (κ1) is 16.2. The quantitative estimate of drug-likeness (QED) is 0.661. The molecule has 2 heterocycles. The number of benzene rings is 1. The van der Waals surface area contributed by atoms with Crippen LogP contribution in [-0.4, -0.2) is 17.7 Å². The molecule has 0 radical (unpaired) electrons. The fraction of sp³-hybridized carbons (Fsp3) is 0.118. The monoisotopic (exact) mass is 346 g/mol. The Bertz CT molecular complexity index is 769. The molecule has 0 aliphatic carbocycles. The molecule has 3 aromatic rings. The van der Waals surface area contributed by atoms with Crippen molar-refractivity contribution < 1.29 is 18.7 Å². The first-order valence-corrected chi connectivity index (χ1v) is 8.06. The Balaban J connectivity index is 1.73. The van der Waals surface area contributed by atoms with Crippen LogP contribution in [0.3, 0.4) is 0 Å². The van der Waals surface area contributed by atoms with Crippen LogP contribution >= 0.6 is 11.3 Å². The van der Waals surface area contributed by atoms with Crippen molar-refractivity contribution in [2.75, 3.05) is 11.9 Å². The summed E-state index contributed by atoms with van der Waals surface area (Å²) >= 11 is 1.36. The van der Waals surface area contributed by atoms with Crippen LogP contribution in [0.5, 0.6) is 0 Å². The van der Waals surface area contributed by atoms with E-state index in [0.29, 0.717) is 10.4 Å². The highest BCUT2D eigenvalue weighted by molar-refractivity contribution is 7.10. The summed E-state index contributed by atoms with van der Waals surface area (Å²) in [7, 11) is 0. The summed E-state index contributed by atoms with van der Waals surface area (Å²) in [6.07, 6.45) is 2.88. The van der Waals surface area contributed by atoms with E-state index in [4.69, 9.17) is 4.42 Å². The minimum atomic E-state index is -1.42. The number of para-hydroxylation sites is 1. The van der Waals surface area contributed by atoms with Crippen LogP contribution in [0.25, 0.3) is 0 Å². The van der Waals surface area contributed by atoms with Crippen molar-refractivity contribution in [1.82, 2.24) is 5.32 Å². The molecule has 124 valence electrons. The number of carbonyl (C=O) groups excluding carboxylic acids is 1. The third-order valence-corrected chi connectivity index (χ3v) is 4.58. The molecule has 1 atom stereocenters. The molecule has 5 nitrogen and oxygen atoms in total. The van der Waals surface area contributed by atoms with Crippen molar-refractivity contribution in [1.29, 1.82) is 0 Å². The van der Waals surface area contributed by atoms with Gasteiger partial charge in [0, 0.05) is 10.4 Å². The molecular weight excluding hydrogens is 331 g/mol. The van der Waals surface area contributed by atoms with E-state index in [1.54, 1.807) is 18.2 Å². The van der Waals surface area contributed by atoms with Gasteiger partial charge in [0.25, 0.3) is 0 Å². The minimum absolute atomic E-state index is 0.0676. The van der Waals surface area contributed by atoms with E-state index in [9.17, 15) is 14.3 Å². The molecule has 0 fully saturated rings. The van der Waals surface area contributed by atoms with Crippen LogP contribution in [-0.2, 0) is 5.60 Å². The highest BCUT2D eigenvalue weighted by atomic mass is 32.1. The Labute approximate surface area is 141 Å². The lowest BCUT2D eigenvalue weighted by Crippen LogP contribution is -2.42. The van der Waals surface area contributed by atoms with Gasteiger partial charge in [0.1, 0.15) is 11.4 Å². The van der Waals surface area contributed by atoms with E-state index in [-0.39, 0.29) is 12.2 Å². The second kappa shape index (κ2) is 6.86. The number of thiophene rings is 1. The summed E-state index contributed by atoms with van der Waals surface area (Å²) in [4.78, 5) is 12.7. The lowest BCUT2D eigenvalue weighted by molar-refractivity contribution is 0.0859. The number of halogens is 1. The van der Waals surface area contributed by atoms with E-state index in [0.717, 1.165) is 0 Å². The van der Waals surface area contributed by atoms with E-state index in [1.807, 2.05) is 11.4 Å². The number of hydrogen-bond donors (Lipinski definition) is 3. The molecule has 0 saturated heterocycles. The van der Waals surface area contributed by atoms with Gasteiger partial charge in [0.05, 0.1) is 24.8 Å². The molecule has 0 unspecified atom stereocenters. The molecule has 3 rings (SSSR count).